The Hall–Kier alpha value is -3.20. The van der Waals surface area contributed by atoms with Crippen LogP contribution in [0.25, 0.3) is 0 Å². The highest BCUT2D eigenvalue weighted by Crippen LogP contribution is 2.29. The maximum atomic E-state index is 12.8. The maximum Gasteiger partial charge on any atom is 0.273 e. The second-order valence-corrected chi connectivity index (χ2v) is 6.75. The normalized spacial score (nSPS) is 14.6. The Bertz CT molecular complexity index is 892. The average molecular weight is 363 g/mol. The molecule has 6 heteroatoms. The van der Waals surface area contributed by atoms with Gasteiger partial charge in [-0.05, 0) is 48.9 Å². The molecular weight excluding hydrogens is 342 g/mol. The lowest BCUT2D eigenvalue weighted by molar-refractivity contribution is -0.385. The Labute approximate surface area is 158 Å². The van der Waals surface area contributed by atoms with Gasteiger partial charge in [0.15, 0.2) is 0 Å². The number of likely N-dealkylation sites (tertiary alicyclic amines) is 1. The first kappa shape index (κ1) is 18.6. The second-order valence-electron chi connectivity index (χ2n) is 6.75. The summed E-state index contributed by atoms with van der Waals surface area (Å²) in [4.78, 5) is 25.4. The van der Waals surface area contributed by atoms with Crippen LogP contribution in [0.15, 0.2) is 42.5 Å². The fourth-order valence-corrected chi connectivity index (χ4v) is 3.59. The minimum atomic E-state index is -0.424. The van der Waals surface area contributed by atoms with Crippen LogP contribution in [0.1, 0.15) is 52.7 Å². The molecule has 0 atom stereocenters. The molecule has 1 aliphatic heterocycles. The molecule has 6 nitrogen and oxygen atoms in total. The van der Waals surface area contributed by atoms with Gasteiger partial charge in [-0.25, -0.2) is 0 Å². The molecule has 0 saturated carbocycles. The van der Waals surface area contributed by atoms with Crippen LogP contribution in [0.5, 0.6) is 0 Å². The van der Waals surface area contributed by atoms with E-state index in [0.29, 0.717) is 42.1 Å². The molecule has 3 rings (SSSR count). The number of amides is 1. The Morgan fingerprint density at radius 2 is 1.89 bits per heavy atom. The Kier molecular flexibility index (Phi) is 5.51. The Morgan fingerprint density at radius 3 is 2.44 bits per heavy atom. The summed E-state index contributed by atoms with van der Waals surface area (Å²) >= 11 is 0. The number of benzene rings is 2. The molecular formula is C21H21N3O3. The predicted molar refractivity (Wildman–Crippen MR) is 102 cm³/mol. The molecule has 0 unspecified atom stereocenters. The lowest BCUT2D eigenvalue weighted by Crippen LogP contribution is -2.38. The Morgan fingerprint density at radius 1 is 1.22 bits per heavy atom. The average Bonchev–Trinajstić information content (AvgIpc) is 2.73. The first-order valence-electron chi connectivity index (χ1n) is 9.10. The van der Waals surface area contributed by atoms with Crippen molar-refractivity contribution in [1.29, 1.82) is 5.26 Å². The fraction of sp³-hybridized carbons (Fsp3) is 0.333. The largest absolute Gasteiger partial charge is 0.339 e. The zero-order valence-electron chi connectivity index (χ0n) is 15.2. The second kappa shape index (κ2) is 8.00. The number of carbonyl (C=O) groups excluding carboxylic acids is 1. The van der Waals surface area contributed by atoms with E-state index >= 15 is 0 Å². The van der Waals surface area contributed by atoms with Gasteiger partial charge in [-0.15, -0.1) is 0 Å². The first-order valence-corrected chi connectivity index (χ1v) is 9.10. The van der Waals surface area contributed by atoms with Crippen LogP contribution in [0.4, 0.5) is 5.69 Å². The molecule has 0 N–H and O–H groups in total. The lowest BCUT2D eigenvalue weighted by atomic mass is 9.89. The summed E-state index contributed by atoms with van der Waals surface area (Å²) in [5, 5.41) is 20.1. The van der Waals surface area contributed by atoms with Crippen molar-refractivity contribution in [3.8, 4) is 6.07 Å². The minimum absolute atomic E-state index is 0.0100. The molecule has 1 heterocycles. The van der Waals surface area contributed by atoms with Crippen molar-refractivity contribution < 1.29 is 9.72 Å². The van der Waals surface area contributed by atoms with Gasteiger partial charge in [0, 0.05) is 30.3 Å². The molecule has 2 aromatic rings. The molecule has 0 radical (unpaired) electrons. The van der Waals surface area contributed by atoms with E-state index in [4.69, 9.17) is 5.26 Å². The van der Waals surface area contributed by atoms with E-state index in [-0.39, 0.29) is 11.6 Å². The molecule has 27 heavy (non-hydrogen) atoms. The van der Waals surface area contributed by atoms with Gasteiger partial charge in [0.1, 0.15) is 0 Å². The highest BCUT2D eigenvalue weighted by molar-refractivity contribution is 5.95. The highest BCUT2D eigenvalue weighted by atomic mass is 16.6. The van der Waals surface area contributed by atoms with Crippen molar-refractivity contribution in [2.24, 2.45) is 0 Å². The number of hydrogen-bond acceptors (Lipinski definition) is 4. The van der Waals surface area contributed by atoms with Crippen LogP contribution in [0.3, 0.4) is 0 Å². The van der Waals surface area contributed by atoms with Crippen LogP contribution in [-0.4, -0.2) is 28.8 Å². The molecule has 0 spiro atoms. The highest BCUT2D eigenvalue weighted by Gasteiger charge is 2.26. The third kappa shape index (κ3) is 3.98. The molecule has 0 aliphatic carbocycles. The molecule has 2 aromatic carbocycles. The van der Waals surface area contributed by atoms with Crippen molar-refractivity contribution in [3.63, 3.8) is 0 Å². The fourth-order valence-electron chi connectivity index (χ4n) is 3.59. The van der Waals surface area contributed by atoms with E-state index < -0.39 is 4.92 Å². The third-order valence-corrected chi connectivity index (χ3v) is 5.20. The standard InChI is InChI=1S/C21H21N3O3/c1-2-16-7-8-19(13-20(16)24(26)27)21(25)23-11-9-18(10-12-23)17-5-3-15(14-22)4-6-17/h3-8,13,18H,2,9-12H2,1H3. The molecule has 0 bridgehead atoms. The number of piperidine rings is 1. The summed E-state index contributed by atoms with van der Waals surface area (Å²) < 4.78 is 0. The molecule has 138 valence electrons. The summed E-state index contributed by atoms with van der Waals surface area (Å²) in [6.45, 7) is 3.09. The smallest absolute Gasteiger partial charge is 0.273 e. The van der Waals surface area contributed by atoms with Gasteiger partial charge in [0.05, 0.1) is 16.6 Å². The third-order valence-electron chi connectivity index (χ3n) is 5.20. The van der Waals surface area contributed by atoms with Gasteiger partial charge in [-0.2, -0.15) is 5.26 Å². The summed E-state index contributed by atoms with van der Waals surface area (Å²) in [5.41, 5.74) is 2.84. The Balaban J connectivity index is 1.68. The number of nitro groups is 1. The molecule has 0 aromatic heterocycles. The van der Waals surface area contributed by atoms with Crippen LogP contribution >= 0.6 is 0 Å². The van der Waals surface area contributed by atoms with Gasteiger partial charge in [0.25, 0.3) is 11.6 Å². The number of nitriles is 1. The van der Waals surface area contributed by atoms with E-state index in [2.05, 4.69) is 6.07 Å². The van der Waals surface area contributed by atoms with Gasteiger partial charge in [-0.1, -0.05) is 25.1 Å². The molecule has 1 aliphatic rings. The summed E-state index contributed by atoms with van der Waals surface area (Å²) in [7, 11) is 0. The summed E-state index contributed by atoms with van der Waals surface area (Å²) in [6, 6.07) is 14.5. The molecule has 1 saturated heterocycles. The first-order chi connectivity index (χ1) is 13.0. The SMILES string of the molecule is CCc1ccc(C(=O)N2CCC(c3ccc(C#N)cc3)CC2)cc1[N+](=O)[O-]. The van der Waals surface area contributed by atoms with Crippen molar-refractivity contribution >= 4 is 11.6 Å². The van der Waals surface area contributed by atoms with Crippen LogP contribution < -0.4 is 0 Å². The molecule has 1 fully saturated rings. The molecule has 1 amide bonds. The zero-order chi connectivity index (χ0) is 19.4. The monoisotopic (exact) mass is 363 g/mol. The zero-order valence-corrected chi connectivity index (χ0v) is 15.2. The summed E-state index contributed by atoms with van der Waals surface area (Å²) in [5.74, 6) is 0.206. The van der Waals surface area contributed by atoms with Gasteiger partial charge in [-0.3, -0.25) is 14.9 Å². The minimum Gasteiger partial charge on any atom is -0.339 e. The van der Waals surface area contributed by atoms with E-state index in [1.54, 1.807) is 17.0 Å². The van der Waals surface area contributed by atoms with Crippen molar-refractivity contribution in [2.75, 3.05) is 13.1 Å². The van der Waals surface area contributed by atoms with Crippen molar-refractivity contribution in [1.82, 2.24) is 4.90 Å². The van der Waals surface area contributed by atoms with E-state index in [1.807, 2.05) is 31.2 Å². The van der Waals surface area contributed by atoms with Gasteiger partial charge in [0.2, 0.25) is 0 Å². The topological polar surface area (TPSA) is 87.2 Å². The quantitative estimate of drug-likeness (QED) is 0.606. The van der Waals surface area contributed by atoms with E-state index in [1.165, 1.54) is 11.6 Å². The van der Waals surface area contributed by atoms with E-state index in [9.17, 15) is 14.9 Å². The van der Waals surface area contributed by atoms with Crippen LogP contribution in [0.2, 0.25) is 0 Å². The lowest BCUT2D eigenvalue weighted by Gasteiger charge is -2.32. The van der Waals surface area contributed by atoms with Crippen molar-refractivity contribution in [2.45, 2.75) is 32.1 Å². The number of hydrogen-bond donors (Lipinski definition) is 0. The predicted octanol–water partition coefficient (Wildman–Crippen LogP) is 4.05. The van der Waals surface area contributed by atoms with Gasteiger partial charge >= 0.3 is 0 Å². The van der Waals surface area contributed by atoms with Crippen molar-refractivity contribution in [3.05, 3.63) is 74.8 Å². The number of carbonyl (C=O) groups is 1. The van der Waals surface area contributed by atoms with Crippen LogP contribution in [-0.2, 0) is 6.42 Å². The number of nitrogens with zero attached hydrogens (tertiary/aromatic N) is 3. The van der Waals surface area contributed by atoms with Gasteiger partial charge < -0.3 is 4.90 Å². The van der Waals surface area contributed by atoms with E-state index in [0.717, 1.165) is 12.8 Å². The number of rotatable bonds is 4. The number of aryl methyl sites for hydroxylation is 1. The maximum absolute atomic E-state index is 12.8. The number of nitro benzene ring substituents is 1. The summed E-state index contributed by atoms with van der Waals surface area (Å²) in [6.07, 6.45) is 2.24. The van der Waals surface area contributed by atoms with Crippen LogP contribution in [0, 0.1) is 21.4 Å².